The van der Waals surface area contributed by atoms with Crippen LogP contribution in [0.5, 0.6) is 0 Å². The number of fused-ring (bicyclic) bond motifs is 2. The van der Waals surface area contributed by atoms with Crippen molar-refractivity contribution in [1.29, 1.82) is 0 Å². The Morgan fingerprint density at radius 1 is 0.571 bits per heavy atom. The van der Waals surface area contributed by atoms with Gasteiger partial charge in [-0.2, -0.15) is 0 Å². The fourth-order valence-electron chi connectivity index (χ4n) is 7.55. The van der Waals surface area contributed by atoms with Crippen molar-refractivity contribution in [1.82, 2.24) is 0 Å². The molecular formula is C40H56O2. The summed E-state index contributed by atoms with van der Waals surface area (Å²) in [4.78, 5) is 0. The molecule has 2 nitrogen and oxygen atoms in total. The number of hydrogen-bond acceptors (Lipinski definition) is 2. The van der Waals surface area contributed by atoms with E-state index in [1.54, 1.807) is 0 Å². The van der Waals surface area contributed by atoms with E-state index in [0.717, 1.165) is 12.8 Å². The Kier molecular flexibility index (Phi) is 9.80. The van der Waals surface area contributed by atoms with Crippen molar-refractivity contribution in [2.75, 3.05) is 0 Å². The molecule has 2 aliphatic heterocycles. The van der Waals surface area contributed by atoms with Crippen LogP contribution in [0.3, 0.4) is 0 Å². The van der Waals surface area contributed by atoms with Crippen LogP contribution in [0, 0.1) is 10.8 Å². The third-order valence-corrected chi connectivity index (χ3v) is 10.1. The van der Waals surface area contributed by atoms with Gasteiger partial charge in [0.15, 0.2) is 0 Å². The summed E-state index contributed by atoms with van der Waals surface area (Å²) in [6.07, 6.45) is 33.7. The maximum absolute atomic E-state index is 6.56. The lowest BCUT2D eigenvalue weighted by molar-refractivity contribution is -0.0311. The van der Waals surface area contributed by atoms with Crippen LogP contribution in [-0.2, 0) is 9.47 Å². The van der Waals surface area contributed by atoms with E-state index >= 15 is 0 Å². The minimum absolute atomic E-state index is 0.0818. The average molecular weight is 569 g/mol. The zero-order chi connectivity index (χ0) is 30.8. The lowest BCUT2D eigenvalue weighted by Crippen LogP contribution is -2.39. The Morgan fingerprint density at radius 3 is 1.31 bits per heavy atom. The van der Waals surface area contributed by atoms with E-state index in [4.69, 9.17) is 9.47 Å². The van der Waals surface area contributed by atoms with E-state index in [0.29, 0.717) is 0 Å². The first kappa shape index (κ1) is 32.5. The Hall–Kier alpha value is -2.42. The van der Waals surface area contributed by atoms with Gasteiger partial charge in [0.05, 0.1) is 23.4 Å². The average Bonchev–Trinajstić information content (AvgIpc) is 3.46. The zero-order valence-electron chi connectivity index (χ0n) is 28.1. The van der Waals surface area contributed by atoms with Gasteiger partial charge in [-0.05, 0) is 125 Å². The standard InChI is InChI=1S/C40H56O2/c1-29(19-13-21-31(3)33-27-35-37(5,6)23-15-25-39(35,9)41-33)17-11-12-18-30(2)20-14-22-32(4)34-28-36-38(7,8)24-16-26-40(36,10)42-34/h11-14,17-22,27-28,33-34H,15-16,23-26H2,1-10H3/b12-11+,19-13+,20-14?,29-17+,30-18?,31-21+,32-22?. The molecule has 0 bridgehead atoms. The fraction of sp³-hybridized carbons (Fsp3) is 0.550. The molecule has 4 unspecified atom stereocenters. The maximum Gasteiger partial charge on any atom is 0.0982 e. The van der Waals surface area contributed by atoms with E-state index in [2.05, 4.69) is 142 Å². The van der Waals surface area contributed by atoms with Crippen LogP contribution in [0.25, 0.3) is 0 Å². The highest BCUT2D eigenvalue weighted by Crippen LogP contribution is 2.53. The summed E-state index contributed by atoms with van der Waals surface area (Å²) in [5.74, 6) is 0. The van der Waals surface area contributed by atoms with Gasteiger partial charge in [0.25, 0.3) is 0 Å². The molecule has 0 aromatic rings. The second-order valence-corrected chi connectivity index (χ2v) is 14.9. The molecular weight excluding hydrogens is 512 g/mol. The predicted molar refractivity (Wildman–Crippen MR) is 180 cm³/mol. The SMILES string of the molecule is CC(C=CC=C(C)C1C=C2C(C)(C)CCCC2(C)O1)=C/C=C/C=C(C)/C=C/C=C(\C)C1C=C2C(C)(C)CCCC2(C)O1. The minimum Gasteiger partial charge on any atom is -0.359 e. The molecule has 228 valence electrons. The maximum atomic E-state index is 6.56. The molecule has 2 heterocycles. The van der Waals surface area contributed by atoms with Gasteiger partial charge in [-0.3, -0.25) is 0 Å². The van der Waals surface area contributed by atoms with Crippen molar-refractivity contribution in [3.05, 3.63) is 106 Å². The van der Waals surface area contributed by atoms with Gasteiger partial charge in [0, 0.05) is 0 Å². The van der Waals surface area contributed by atoms with Gasteiger partial charge in [0.2, 0.25) is 0 Å². The molecule has 0 spiro atoms. The molecule has 42 heavy (non-hydrogen) atoms. The highest BCUT2D eigenvalue weighted by Gasteiger charge is 2.48. The highest BCUT2D eigenvalue weighted by molar-refractivity contribution is 5.38. The smallest absolute Gasteiger partial charge is 0.0982 e. The van der Waals surface area contributed by atoms with Gasteiger partial charge in [-0.25, -0.2) is 0 Å². The Bertz CT molecular complexity index is 1200. The zero-order valence-corrected chi connectivity index (χ0v) is 28.1. The highest BCUT2D eigenvalue weighted by atomic mass is 16.5. The molecule has 2 fully saturated rings. The third-order valence-electron chi connectivity index (χ3n) is 10.1. The van der Waals surface area contributed by atoms with Crippen molar-refractivity contribution in [3.63, 3.8) is 0 Å². The fourth-order valence-corrected chi connectivity index (χ4v) is 7.55. The second kappa shape index (κ2) is 12.7. The quantitative estimate of drug-likeness (QED) is 0.214. The summed E-state index contributed by atoms with van der Waals surface area (Å²) < 4.78 is 13.1. The first-order valence-corrected chi connectivity index (χ1v) is 16.2. The third kappa shape index (κ3) is 7.37. The molecule has 0 N–H and O–H groups in total. The summed E-state index contributed by atoms with van der Waals surface area (Å²) in [6.45, 7) is 22.7. The van der Waals surface area contributed by atoms with E-state index in [-0.39, 0.29) is 34.2 Å². The first-order chi connectivity index (χ1) is 19.7. The van der Waals surface area contributed by atoms with Crippen LogP contribution in [0.2, 0.25) is 0 Å². The largest absolute Gasteiger partial charge is 0.359 e. The summed E-state index contributed by atoms with van der Waals surface area (Å²) in [6, 6.07) is 0. The van der Waals surface area contributed by atoms with E-state index in [1.807, 2.05) is 0 Å². The van der Waals surface area contributed by atoms with Crippen LogP contribution in [0.15, 0.2) is 106 Å². The van der Waals surface area contributed by atoms with Crippen LogP contribution in [-0.4, -0.2) is 23.4 Å². The Balaban J connectivity index is 1.28. The molecule has 4 aliphatic rings. The van der Waals surface area contributed by atoms with Gasteiger partial charge in [0.1, 0.15) is 0 Å². The van der Waals surface area contributed by atoms with Crippen LogP contribution >= 0.6 is 0 Å². The number of allylic oxidation sites excluding steroid dienone is 12. The van der Waals surface area contributed by atoms with E-state index in [1.165, 1.54) is 59.1 Å². The summed E-state index contributed by atoms with van der Waals surface area (Å²) in [5.41, 5.74) is 8.20. The minimum atomic E-state index is -0.0987. The van der Waals surface area contributed by atoms with Gasteiger partial charge >= 0.3 is 0 Å². The number of rotatable bonds is 8. The molecule has 2 aliphatic carbocycles. The topological polar surface area (TPSA) is 18.5 Å². The molecule has 0 radical (unpaired) electrons. The predicted octanol–water partition coefficient (Wildman–Crippen LogP) is 11.0. The van der Waals surface area contributed by atoms with Crippen molar-refractivity contribution in [3.8, 4) is 0 Å². The van der Waals surface area contributed by atoms with Gasteiger partial charge in [-0.1, -0.05) is 99.6 Å². The summed E-state index contributed by atoms with van der Waals surface area (Å²) in [5, 5.41) is 0. The monoisotopic (exact) mass is 568 g/mol. The number of hydrogen-bond donors (Lipinski definition) is 0. The van der Waals surface area contributed by atoms with Gasteiger partial charge in [-0.15, -0.1) is 0 Å². The van der Waals surface area contributed by atoms with Gasteiger partial charge < -0.3 is 9.47 Å². The van der Waals surface area contributed by atoms with Crippen molar-refractivity contribution >= 4 is 0 Å². The van der Waals surface area contributed by atoms with Crippen LogP contribution in [0.4, 0.5) is 0 Å². The summed E-state index contributed by atoms with van der Waals surface area (Å²) >= 11 is 0. The summed E-state index contributed by atoms with van der Waals surface area (Å²) in [7, 11) is 0. The Labute approximate surface area is 257 Å². The van der Waals surface area contributed by atoms with Crippen LogP contribution in [0.1, 0.15) is 108 Å². The number of ether oxygens (including phenoxy) is 2. The molecule has 2 heteroatoms. The van der Waals surface area contributed by atoms with Crippen molar-refractivity contribution in [2.24, 2.45) is 10.8 Å². The lowest BCUT2D eigenvalue weighted by atomic mass is 9.66. The second-order valence-electron chi connectivity index (χ2n) is 14.9. The Morgan fingerprint density at radius 2 is 0.952 bits per heavy atom. The van der Waals surface area contributed by atoms with E-state index < -0.39 is 0 Å². The van der Waals surface area contributed by atoms with Crippen LogP contribution < -0.4 is 0 Å². The molecule has 0 amide bonds. The molecule has 0 saturated heterocycles. The molecule has 0 aromatic carbocycles. The normalized spacial score (nSPS) is 33.9. The lowest BCUT2D eigenvalue weighted by Gasteiger charge is -2.42. The molecule has 0 aromatic heterocycles. The van der Waals surface area contributed by atoms with Crippen molar-refractivity contribution in [2.45, 2.75) is 131 Å². The van der Waals surface area contributed by atoms with E-state index in [9.17, 15) is 0 Å². The molecule has 2 saturated carbocycles. The first-order valence-electron chi connectivity index (χ1n) is 16.2. The van der Waals surface area contributed by atoms with Crippen molar-refractivity contribution < 1.29 is 9.47 Å². The molecule has 4 atom stereocenters. The molecule has 4 rings (SSSR count).